The molecule has 0 radical (unpaired) electrons. The highest BCUT2D eigenvalue weighted by Crippen LogP contribution is 2.13. The Morgan fingerprint density at radius 3 is 2.00 bits per heavy atom. The molecule has 2 atom stereocenters. The summed E-state index contributed by atoms with van der Waals surface area (Å²) in [6.07, 6.45) is 0. The Morgan fingerprint density at radius 1 is 1.50 bits per heavy atom. The second-order valence-corrected chi connectivity index (χ2v) is 2.66. The zero-order valence-electron chi connectivity index (χ0n) is 4.80. The Kier molecular flexibility index (Phi) is 3.21. The summed E-state index contributed by atoms with van der Waals surface area (Å²) in [6.45, 7) is 0. The number of rotatable bonds is 3. The number of carboxylic acids is 1. The minimum absolute atomic E-state index is 1.55. The van der Waals surface area contributed by atoms with E-state index in [0.29, 0.717) is 0 Å². The zero-order valence-corrected chi connectivity index (χ0v) is 5.69. The summed E-state index contributed by atoms with van der Waals surface area (Å²) in [5.41, 5.74) is 4.73. The highest BCUT2D eigenvalue weighted by atomic mass is 31.1. The number of carboxylic acid groups (broad SMARTS) is 1. The van der Waals surface area contributed by atoms with E-state index < -0.39 is 25.5 Å². The molecule has 0 aromatic heterocycles. The van der Waals surface area contributed by atoms with Gasteiger partial charge in [-0.3, -0.25) is 4.79 Å². The molecule has 0 heterocycles. The van der Waals surface area contributed by atoms with E-state index >= 15 is 0 Å². The Morgan fingerprint density at radius 2 is 1.90 bits per heavy atom. The Balaban J connectivity index is 4.21. The van der Waals surface area contributed by atoms with Crippen LogP contribution in [0.25, 0.3) is 0 Å². The van der Waals surface area contributed by atoms with Crippen molar-refractivity contribution < 1.29 is 24.1 Å². The average molecular weight is 167 g/mol. The van der Waals surface area contributed by atoms with E-state index in [1.807, 2.05) is 0 Å². The van der Waals surface area contributed by atoms with Crippen LogP contribution in [0.5, 0.6) is 0 Å². The van der Waals surface area contributed by atoms with Crippen molar-refractivity contribution in [2.24, 2.45) is 5.73 Å². The molecule has 10 heavy (non-hydrogen) atoms. The van der Waals surface area contributed by atoms with Gasteiger partial charge < -0.3 is 15.9 Å². The first-order valence-corrected chi connectivity index (χ1v) is 3.51. The first-order valence-electron chi connectivity index (χ1n) is 2.26. The van der Waals surface area contributed by atoms with Crippen LogP contribution in [0.2, 0.25) is 0 Å². The average Bonchev–Trinajstić information content (AvgIpc) is 1.84. The van der Waals surface area contributed by atoms with Crippen LogP contribution < -0.4 is 5.73 Å². The molecule has 0 spiro atoms. The number of aliphatic hydroxyl groups is 1. The lowest BCUT2D eigenvalue weighted by molar-refractivity contribution is -0.140. The normalized spacial score (nSPS) is 15.8. The van der Waals surface area contributed by atoms with Crippen molar-refractivity contribution in [2.75, 3.05) is 0 Å². The third-order valence-electron chi connectivity index (χ3n) is 0.822. The van der Waals surface area contributed by atoms with Crippen LogP contribution in [0.1, 0.15) is 0 Å². The molecule has 7 heteroatoms. The quantitative estimate of drug-likeness (QED) is 0.458. The van der Waals surface area contributed by atoms with Crippen molar-refractivity contribution in [2.45, 2.75) is 11.9 Å². The highest BCUT2D eigenvalue weighted by molar-refractivity contribution is 7.31. The summed E-state index contributed by atoms with van der Waals surface area (Å²) in [7, 11) is -3.18. The van der Waals surface area contributed by atoms with E-state index in [1.165, 1.54) is 0 Å². The van der Waals surface area contributed by atoms with Crippen molar-refractivity contribution >= 4 is 13.6 Å². The lowest BCUT2D eigenvalue weighted by atomic mass is 10.3. The molecule has 4 N–H and O–H groups in total. The number of carbonyl (C=O) groups is 1. The number of hydrogen-bond acceptors (Lipinski definition) is 5. The monoisotopic (exact) mass is 167 g/mol. The number of aliphatic carboxylic acids is 1. The van der Waals surface area contributed by atoms with Gasteiger partial charge in [-0.05, 0) is 0 Å². The maximum absolute atomic E-state index is 9.89. The van der Waals surface area contributed by atoms with Crippen LogP contribution in [0, 0.1) is 0 Å². The first-order chi connectivity index (χ1) is 4.46. The molecule has 0 aliphatic carbocycles. The standard InChI is InChI=1S/C3H6NO5P/c4-1(2(5)6)3(7)10(8)9/h1,3,7H,4H2,(H,5,6). The molecule has 0 saturated heterocycles. The number of aliphatic hydroxyl groups excluding tert-OH is 1. The van der Waals surface area contributed by atoms with Crippen molar-refractivity contribution in [1.29, 1.82) is 0 Å². The molecule has 2 unspecified atom stereocenters. The highest BCUT2D eigenvalue weighted by Gasteiger charge is 2.26. The predicted octanol–water partition coefficient (Wildman–Crippen LogP) is -1.11. The summed E-state index contributed by atoms with van der Waals surface area (Å²) in [4.78, 5) is 9.89. The minimum Gasteiger partial charge on any atom is -0.480 e. The molecule has 0 aliphatic heterocycles. The zero-order chi connectivity index (χ0) is 8.31. The minimum atomic E-state index is -3.18. The molecule has 0 bridgehead atoms. The molecule has 0 aromatic carbocycles. The summed E-state index contributed by atoms with van der Waals surface area (Å²) in [6, 6.07) is -1.76. The molecule has 0 saturated carbocycles. The van der Waals surface area contributed by atoms with Crippen molar-refractivity contribution in [3.05, 3.63) is 0 Å². The van der Waals surface area contributed by atoms with Gasteiger partial charge in [-0.1, -0.05) is 0 Å². The SMILES string of the molecule is NC(C(=O)O)C(O)P(=O)=O. The fraction of sp³-hybridized carbons (Fsp3) is 0.667. The van der Waals surface area contributed by atoms with E-state index in [9.17, 15) is 13.9 Å². The lowest BCUT2D eigenvalue weighted by Crippen LogP contribution is -2.39. The predicted molar refractivity (Wildman–Crippen MR) is 29.9 cm³/mol. The molecule has 0 aliphatic rings. The van der Waals surface area contributed by atoms with Gasteiger partial charge in [0, 0.05) is 0 Å². The van der Waals surface area contributed by atoms with Gasteiger partial charge in [0.2, 0.25) is 0 Å². The van der Waals surface area contributed by atoms with E-state index in [4.69, 9.17) is 15.9 Å². The number of nitrogens with two attached hydrogens (primary N) is 1. The van der Waals surface area contributed by atoms with Gasteiger partial charge >= 0.3 is 13.6 Å². The van der Waals surface area contributed by atoms with Gasteiger partial charge in [-0.15, -0.1) is 0 Å². The van der Waals surface area contributed by atoms with E-state index in [2.05, 4.69) is 0 Å². The van der Waals surface area contributed by atoms with Crippen LogP contribution in [-0.4, -0.2) is 28.1 Å². The maximum atomic E-state index is 9.89. The van der Waals surface area contributed by atoms with Crippen LogP contribution in [0.3, 0.4) is 0 Å². The van der Waals surface area contributed by atoms with Gasteiger partial charge in [-0.2, -0.15) is 0 Å². The van der Waals surface area contributed by atoms with Gasteiger partial charge in [0.15, 0.2) is 5.85 Å². The largest absolute Gasteiger partial charge is 0.480 e. The van der Waals surface area contributed by atoms with Crippen molar-refractivity contribution in [1.82, 2.24) is 0 Å². The number of hydrogen-bond donors (Lipinski definition) is 3. The summed E-state index contributed by atoms with van der Waals surface area (Å²) < 4.78 is 19.8. The summed E-state index contributed by atoms with van der Waals surface area (Å²) in [5.74, 6) is -3.56. The third kappa shape index (κ3) is 2.26. The fourth-order valence-corrected chi connectivity index (χ4v) is 0.648. The Bertz CT molecular complexity index is 191. The Labute approximate surface area is 56.5 Å². The molecule has 0 aromatic rings. The van der Waals surface area contributed by atoms with E-state index in [1.54, 1.807) is 0 Å². The third-order valence-corrected chi connectivity index (χ3v) is 1.58. The van der Waals surface area contributed by atoms with Gasteiger partial charge in [0.25, 0.3) is 0 Å². The molecular formula is C3H6NO5P. The van der Waals surface area contributed by atoms with Gasteiger partial charge in [-0.25, -0.2) is 9.13 Å². The lowest BCUT2D eigenvalue weighted by Gasteiger charge is -2.04. The summed E-state index contributed by atoms with van der Waals surface area (Å²) in [5, 5.41) is 16.5. The van der Waals surface area contributed by atoms with Crippen molar-refractivity contribution in [3.63, 3.8) is 0 Å². The fourth-order valence-electron chi connectivity index (χ4n) is 0.259. The topological polar surface area (TPSA) is 118 Å². The molecule has 58 valence electrons. The molecule has 0 rings (SSSR count). The first kappa shape index (κ1) is 9.29. The molecule has 0 amide bonds. The van der Waals surface area contributed by atoms with Crippen LogP contribution in [0.4, 0.5) is 0 Å². The molecule has 6 nitrogen and oxygen atoms in total. The van der Waals surface area contributed by atoms with Crippen LogP contribution >= 0.6 is 7.68 Å². The second-order valence-electron chi connectivity index (χ2n) is 1.56. The van der Waals surface area contributed by atoms with Crippen LogP contribution in [-0.2, 0) is 13.9 Å². The Hall–Kier alpha value is -0.710. The van der Waals surface area contributed by atoms with Gasteiger partial charge in [0.1, 0.15) is 6.04 Å². The molecular weight excluding hydrogens is 161 g/mol. The smallest absolute Gasteiger partial charge is 0.347 e. The van der Waals surface area contributed by atoms with E-state index in [-0.39, 0.29) is 0 Å². The maximum Gasteiger partial charge on any atom is 0.347 e. The van der Waals surface area contributed by atoms with Crippen LogP contribution in [0.15, 0.2) is 0 Å². The molecule has 0 fully saturated rings. The summed E-state index contributed by atoms with van der Waals surface area (Å²) >= 11 is 0. The van der Waals surface area contributed by atoms with Gasteiger partial charge in [0.05, 0.1) is 0 Å². The second kappa shape index (κ2) is 3.46. The van der Waals surface area contributed by atoms with Crippen molar-refractivity contribution in [3.8, 4) is 0 Å². The van der Waals surface area contributed by atoms with E-state index in [0.717, 1.165) is 0 Å².